The van der Waals surface area contributed by atoms with Crippen LogP contribution in [0.1, 0.15) is 5.56 Å². The van der Waals surface area contributed by atoms with E-state index in [2.05, 4.69) is 27.2 Å². The minimum absolute atomic E-state index is 0.737. The fourth-order valence-corrected chi connectivity index (χ4v) is 3.43. The van der Waals surface area contributed by atoms with E-state index in [0.717, 1.165) is 52.6 Å². The van der Waals surface area contributed by atoms with Crippen molar-refractivity contribution in [3.8, 4) is 0 Å². The highest BCUT2D eigenvalue weighted by molar-refractivity contribution is 7.80. The number of hydrogen-bond acceptors (Lipinski definition) is 2. The number of piperazine rings is 1. The van der Waals surface area contributed by atoms with Gasteiger partial charge in [0.15, 0.2) is 5.11 Å². The monoisotopic (exact) mass is 379 g/mol. The van der Waals surface area contributed by atoms with Crippen LogP contribution in [0.15, 0.2) is 42.5 Å². The molecule has 0 atom stereocenters. The highest BCUT2D eigenvalue weighted by atomic mass is 35.5. The standard InChI is InChI=1S/C18H19Cl2N3S/c1-13-12-15(20)4-7-17(13)21-18(24)23-10-8-22(9-11-23)16-5-2-14(19)3-6-16/h2-7,12H,8-11H2,1H3,(H,21,24). The van der Waals surface area contributed by atoms with Crippen molar-refractivity contribution in [2.75, 3.05) is 36.4 Å². The molecule has 0 saturated carbocycles. The molecular formula is C18H19Cl2N3S. The molecule has 1 saturated heterocycles. The van der Waals surface area contributed by atoms with Gasteiger partial charge in [-0.25, -0.2) is 0 Å². The lowest BCUT2D eigenvalue weighted by atomic mass is 10.2. The molecule has 1 aliphatic rings. The van der Waals surface area contributed by atoms with E-state index in [9.17, 15) is 0 Å². The lowest BCUT2D eigenvalue weighted by Crippen LogP contribution is -2.50. The number of rotatable bonds is 2. The molecule has 2 aromatic rings. The third-order valence-electron chi connectivity index (χ3n) is 4.19. The Hall–Kier alpha value is -1.49. The summed E-state index contributed by atoms with van der Waals surface area (Å²) < 4.78 is 0. The van der Waals surface area contributed by atoms with E-state index >= 15 is 0 Å². The largest absolute Gasteiger partial charge is 0.368 e. The fraction of sp³-hybridized carbons (Fsp3) is 0.278. The van der Waals surface area contributed by atoms with Gasteiger partial charge in [0.25, 0.3) is 0 Å². The zero-order valence-electron chi connectivity index (χ0n) is 13.4. The molecule has 3 nitrogen and oxygen atoms in total. The SMILES string of the molecule is Cc1cc(Cl)ccc1NC(=S)N1CCN(c2ccc(Cl)cc2)CC1. The Labute approximate surface area is 158 Å². The molecule has 0 radical (unpaired) electrons. The van der Waals surface area contributed by atoms with Crippen LogP contribution in [0.3, 0.4) is 0 Å². The molecule has 2 aromatic carbocycles. The Bertz CT molecular complexity index is 726. The summed E-state index contributed by atoms with van der Waals surface area (Å²) in [6, 6.07) is 13.8. The molecule has 0 aliphatic carbocycles. The third-order valence-corrected chi connectivity index (χ3v) is 5.04. The fourth-order valence-electron chi connectivity index (χ4n) is 2.78. The lowest BCUT2D eigenvalue weighted by Gasteiger charge is -2.37. The molecule has 0 aromatic heterocycles. The molecule has 0 bridgehead atoms. The first-order valence-corrected chi connectivity index (χ1v) is 9.02. The van der Waals surface area contributed by atoms with Crippen molar-refractivity contribution in [3.63, 3.8) is 0 Å². The van der Waals surface area contributed by atoms with E-state index in [1.807, 2.05) is 37.3 Å². The second kappa shape index (κ2) is 7.60. The molecule has 6 heteroatoms. The first kappa shape index (κ1) is 17.3. The van der Waals surface area contributed by atoms with E-state index in [1.54, 1.807) is 0 Å². The van der Waals surface area contributed by atoms with Crippen LogP contribution in [0, 0.1) is 6.92 Å². The average Bonchev–Trinajstić information content (AvgIpc) is 2.58. The number of nitrogens with zero attached hydrogens (tertiary/aromatic N) is 2. The smallest absolute Gasteiger partial charge is 0.173 e. The van der Waals surface area contributed by atoms with Gasteiger partial charge in [0, 0.05) is 47.6 Å². The van der Waals surface area contributed by atoms with Crippen LogP contribution in [-0.4, -0.2) is 36.2 Å². The Morgan fingerprint density at radius 3 is 2.21 bits per heavy atom. The highest BCUT2D eigenvalue weighted by Gasteiger charge is 2.19. The molecule has 1 fully saturated rings. The number of hydrogen-bond donors (Lipinski definition) is 1. The summed E-state index contributed by atoms with van der Waals surface area (Å²) in [5.74, 6) is 0. The minimum atomic E-state index is 0.737. The van der Waals surface area contributed by atoms with Gasteiger partial charge >= 0.3 is 0 Å². The van der Waals surface area contributed by atoms with Crippen molar-refractivity contribution in [2.24, 2.45) is 0 Å². The number of nitrogens with one attached hydrogen (secondary N) is 1. The summed E-state index contributed by atoms with van der Waals surface area (Å²) in [6.45, 7) is 5.67. The van der Waals surface area contributed by atoms with E-state index in [1.165, 1.54) is 5.69 Å². The van der Waals surface area contributed by atoms with E-state index < -0.39 is 0 Å². The topological polar surface area (TPSA) is 18.5 Å². The van der Waals surface area contributed by atoms with Gasteiger partial charge in [-0.3, -0.25) is 0 Å². The van der Waals surface area contributed by atoms with Crippen molar-refractivity contribution in [1.82, 2.24) is 4.90 Å². The molecule has 1 heterocycles. The number of aryl methyl sites for hydroxylation is 1. The maximum Gasteiger partial charge on any atom is 0.173 e. The molecule has 0 spiro atoms. The summed E-state index contributed by atoms with van der Waals surface area (Å²) in [7, 11) is 0. The molecule has 24 heavy (non-hydrogen) atoms. The molecule has 126 valence electrons. The predicted octanol–water partition coefficient (Wildman–Crippen LogP) is 4.82. The summed E-state index contributed by atoms with van der Waals surface area (Å²) in [6.07, 6.45) is 0. The molecule has 3 rings (SSSR count). The van der Waals surface area contributed by atoms with E-state index in [0.29, 0.717) is 0 Å². The van der Waals surface area contributed by atoms with E-state index in [4.69, 9.17) is 35.4 Å². The Kier molecular flexibility index (Phi) is 5.49. The summed E-state index contributed by atoms with van der Waals surface area (Å²) in [4.78, 5) is 4.55. The highest BCUT2D eigenvalue weighted by Crippen LogP contribution is 2.22. The van der Waals surface area contributed by atoms with Crippen molar-refractivity contribution in [3.05, 3.63) is 58.1 Å². The zero-order valence-corrected chi connectivity index (χ0v) is 15.8. The second-order valence-corrected chi connectivity index (χ2v) is 7.10. The van der Waals surface area contributed by atoms with Crippen molar-refractivity contribution >= 4 is 51.9 Å². The van der Waals surface area contributed by atoms with E-state index in [-0.39, 0.29) is 0 Å². The summed E-state index contributed by atoms with van der Waals surface area (Å²) >= 11 is 17.5. The lowest BCUT2D eigenvalue weighted by molar-refractivity contribution is 0.391. The molecule has 0 amide bonds. The Morgan fingerprint density at radius 2 is 1.58 bits per heavy atom. The number of benzene rings is 2. The average molecular weight is 380 g/mol. The first-order valence-electron chi connectivity index (χ1n) is 7.85. The maximum absolute atomic E-state index is 6.00. The van der Waals surface area contributed by atoms with Crippen molar-refractivity contribution < 1.29 is 0 Å². The van der Waals surface area contributed by atoms with Crippen LogP contribution in [0.5, 0.6) is 0 Å². The minimum Gasteiger partial charge on any atom is -0.368 e. The summed E-state index contributed by atoms with van der Waals surface area (Å²) in [5.41, 5.74) is 3.29. The van der Waals surface area contributed by atoms with Gasteiger partial charge in [-0.05, 0) is 67.2 Å². The van der Waals surface area contributed by atoms with Crippen molar-refractivity contribution in [1.29, 1.82) is 0 Å². The molecular weight excluding hydrogens is 361 g/mol. The number of thiocarbonyl (C=S) groups is 1. The summed E-state index contributed by atoms with van der Waals surface area (Å²) in [5, 5.41) is 5.59. The van der Waals surface area contributed by atoms with Gasteiger partial charge in [0.05, 0.1) is 0 Å². The van der Waals surface area contributed by atoms with Crippen LogP contribution < -0.4 is 10.2 Å². The van der Waals surface area contributed by atoms with Gasteiger partial charge in [-0.15, -0.1) is 0 Å². The first-order chi connectivity index (χ1) is 11.5. The number of anilines is 2. The Morgan fingerprint density at radius 1 is 0.958 bits per heavy atom. The van der Waals surface area contributed by atoms with Gasteiger partial charge in [0.1, 0.15) is 0 Å². The van der Waals surface area contributed by atoms with Crippen LogP contribution in [-0.2, 0) is 0 Å². The van der Waals surface area contributed by atoms with Crippen LogP contribution in [0.4, 0.5) is 11.4 Å². The quantitative estimate of drug-likeness (QED) is 0.753. The molecule has 1 N–H and O–H groups in total. The molecule has 0 unspecified atom stereocenters. The zero-order chi connectivity index (χ0) is 17.1. The Balaban J connectivity index is 1.58. The van der Waals surface area contributed by atoms with Gasteiger partial charge < -0.3 is 15.1 Å². The number of halogens is 2. The van der Waals surface area contributed by atoms with Gasteiger partial charge in [0.2, 0.25) is 0 Å². The van der Waals surface area contributed by atoms with Crippen LogP contribution >= 0.6 is 35.4 Å². The second-order valence-electron chi connectivity index (χ2n) is 5.84. The van der Waals surface area contributed by atoms with Gasteiger partial charge in [-0.2, -0.15) is 0 Å². The maximum atomic E-state index is 6.00. The van der Waals surface area contributed by atoms with Gasteiger partial charge in [-0.1, -0.05) is 23.2 Å². The van der Waals surface area contributed by atoms with Crippen molar-refractivity contribution in [2.45, 2.75) is 6.92 Å². The third kappa shape index (κ3) is 4.12. The van der Waals surface area contributed by atoms with Crippen LogP contribution in [0.25, 0.3) is 0 Å². The molecule has 1 aliphatic heterocycles. The van der Waals surface area contributed by atoms with Crippen LogP contribution in [0.2, 0.25) is 10.0 Å². The predicted molar refractivity (Wildman–Crippen MR) is 108 cm³/mol. The normalized spacial score (nSPS) is 14.6.